The number of hydrogen-bond donors (Lipinski definition) is 1. The van der Waals surface area contributed by atoms with Gasteiger partial charge in [-0.15, -0.1) is 0 Å². The van der Waals surface area contributed by atoms with Crippen LogP contribution in [0.5, 0.6) is 0 Å². The highest BCUT2D eigenvalue weighted by Crippen LogP contribution is 2.36. The van der Waals surface area contributed by atoms with Gasteiger partial charge in [0, 0.05) is 21.2 Å². The van der Waals surface area contributed by atoms with E-state index in [0.29, 0.717) is 10.0 Å². The normalized spacial score (nSPS) is 10.8. The van der Waals surface area contributed by atoms with Crippen molar-refractivity contribution < 1.29 is 0 Å². The van der Waals surface area contributed by atoms with Crippen LogP contribution in [0.15, 0.2) is 53.0 Å². The first kappa shape index (κ1) is 13.7. The standard InChI is InChI=1S/C15H9BrCl2N2/c16-13-14(9-4-2-1-3-5-9)19-20-15(13)10-6-11(17)8-12(18)7-10/h1-8H,(H,19,20). The third-order valence-electron chi connectivity index (χ3n) is 2.91. The van der Waals surface area contributed by atoms with Crippen LogP contribution in [0, 0.1) is 0 Å². The first-order valence-electron chi connectivity index (χ1n) is 5.91. The zero-order chi connectivity index (χ0) is 14.1. The van der Waals surface area contributed by atoms with Crippen LogP contribution in [-0.4, -0.2) is 10.2 Å². The Morgan fingerprint density at radius 2 is 1.55 bits per heavy atom. The Morgan fingerprint density at radius 1 is 0.900 bits per heavy atom. The van der Waals surface area contributed by atoms with E-state index in [1.165, 1.54) is 0 Å². The van der Waals surface area contributed by atoms with E-state index in [0.717, 1.165) is 27.0 Å². The van der Waals surface area contributed by atoms with E-state index in [-0.39, 0.29) is 0 Å². The van der Waals surface area contributed by atoms with Gasteiger partial charge in [0.25, 0.3) is 0 Å². The van der Waals surface area contributed by atoms with E-state index in [2.05, 4.69) is 26.1 Å². The van der Waals surface area contributed by atoms with Crippen molar-refractivity contribution in [3.63, 3.8) is 0 Å². The molecule has 0 saturated carbocycles. The van der Waals surface area contributed by atoms with Gasteiger partial charge in [0.2, 0.25) is 0 Å². The van der Waals surface area contributed by atoms with E-state index in [1.807, 2.05) is 42.5 Å². The minimum absolute atomic E-state index is 0.587. The molecule has 0 bridgehead atoms. The Morgan fingerprint density at radius 3 is 2.20 bits per heavy atom. The SMILES string of the molecule is Clc1cc(Cl)cc(-c2n[nH]c(-c3ccccc3)c2Br)c1. The Hall–Kier alpha value is -1.29. The number of aromatic amines is 1. The Balaban J connectivity index is 2.11. The summed E-state index contributed by atoms with van der Waals surface area (Å²) in [6.45, 7) is 0. The lowest BCUT2D eigenvalue weighted by Gasteiger charge is -2.01. The minimum atomic E-state index is 0.587. The Kier molecular flexibility index (Phi) is 3.83. The molecular weight excluding hydrogens is 359 g/mol. The van der Waals surface area contributed by atoms with Crippen LogP contribution in [0.3, 0.4) is 0 Å². The van der Waals surface area contributed by atoms with Crippen LogP contribution in [0.1, 0.15) is 0 Å². The van der Waals surface area contributed by atoms with Crippen LogP contribution in [0.25, 0.3) is 22.5 Å². The molecule has 0 aliphatic heterocycles. The van der Waals surface area contributed by atoms with E-state index in [9.17, 15) is 0 Å². The van der Waals surface area contributed by atoms with Crippen molar-refractivity contribution >= 4 is 39.1 Å². The van der Waals surface area contributed by atoms with Crippen LogP contribution >= 0.6 is 39.1 Å². The first-order valence-corrected chi connectivity index (χ1v) is 7.46. The number of nitrogens with zero attached hydrogens (tertiary/aromatic N) is 1. The van der Waals surface area contributed by atoms with Crippen LogP contribution < -0.4 is 0 Å². The maximum atomic E-state index is 6.04. The fraction of sp³-hybridized carbons (Fsp3) is 0. The van der Waals surface area contributed by atoms with Gasteiger partial charge < -0.3 is 0 Å². The predicted octanol–water partition coefficient (Wildman–Crippen LogP) is 5.81. The molecule has 20 heavy (non-hydrogen) atoms. The van der Waals surface area contributed by atoms with Crippen molar-refractivity contribution in [3.05, 3.63) is 63.0 Å². The van der Waals surface area contributed by atoms with Gasteiger partial charge >= 0.3 is 0 Å². The summed E-state index contributed by atoms with van der Waals surface area (Å²) in [6, 6.07) is 15.4. The van der Waals surface area contributed by atoms with Crippen molar-refractivity contribution in [2.75, 3.05) is 0 Å². The van der Waals surface area contributed by atoms with Gasteiger partial charge in [-0.25, -0.2) is 0 Å². The molecule has 5 heteroatoms. The Labute approximate surface area is 134 Å². The quantitative estimate of drug-likeness (QED) is 0.607. The molecular formula is C15H9BrCl2N2. The summed E-state index contributed by atoms with van der Waals surface area (Å²) < 4.78 is 0.891. The van der Waals surface area contributed by atoms with E-state index in [4.69, 9.17) is 23.2 Å². The summed E-state index contributed by atoms with van der Waals surface area (Å²) in [5, 5.41) is 8.57. The maximum absolute atomic E-state index is 6.04. The molecule has 0 fully saturated rings. The number of benzene rings is 2. The molecule has 0 saturated heterocycles. The number of hydrogen-bond acceptors (Lipinski definition) is 1. The molecule has 0 atom stereocenters. The van der Waals surface area contributed by atoms with Crippen molar-refractivity contribution in [2.45, 2.75) is 0 Å². The van der Waals surface area contributed by atoms with Gasteiger partial charge in [-0.1, -0.05) is 53.5 Å². The van der Waals surface area contributed by atoms with E-state index in [1.54, 1.807) is 6.07 Å². The molecule has 0 spiro atoms. The summed E-state index contributed by atoms with van der Waals surface area (Å²) in [6.07, 6.45) is 0. The summed E-state index contributed by atoms with van der Waals surface area (Å²) in [5.41, 5.74) is 3.64. The average molecular weight is 368 g/mol. The molecule has 2 aromatic carbocycles. The lowest BCUT2D eigenvalue weighted by molar-refractivity contribution is 1.10. The molecule has 1 aromatic heterocycles. The predicted molar refractivity (Wildman–Crippen MR) is 87.2 cm³/mol. The van der Waals surface area contributed by atoms with Crippen molar-refractivity contribution in [1.29, 1.82) is 0 Å². The van der Waals surface area contributed by atoms with Gasteiger partial charge in [-0.3, -0.25) is 5.10 Å². The Bertz CT molecular complexity index is 734. The molecule has 0 aliphatic carbocycles. The first-order chi connectivity index (χ1) is 9.65. The molecule has 0 radical (unpaired) electrons. The summed E-state index contributed by atoms with van der Waals surface area (Å²) in [5.74, 6) is 0. The van der Waals surface area contributed by atoms with Gasteiger partial charge in [0.05, 0.1) is 10.2 Å². The molecule has 1 heterocycles. The molecule has 0 unspecified atom stereocenters. The number of aromatic nitrogens is 2. The van der Waals surface area contributed by atoms with E-state index >= 15 is 0 Å². The van der Waals surface area contributed by atoms with Crippen molar-refractivity contribution in [2.24, 2.45) is 0 Å². The van der Waals surface area contributed by atoms with Gasteiger partial charge in [-0.05, 0) is 34.1 Å². The molecule has 1 N–H and O–H groups in total. The molecule has 0 aliphatic rings. The van der Waals surface area contributed by atoms with Gasteiger partial charge in [0.15, 0.2) is 0 Å². The number of halogens is 3. The second-order valence-electron chi connectivity index (χ2n) is 4.29. The zero-order valence-corrected chi connectivity index (χ0v) is 13.3. The monoisotopic (exact) mass is 366 g/mol. The van der Waals surface area contributed by atoms with E-state index < -0.39 is 0 Å². The third-order valence-corrected chi connectivity index (χ3v) is 4.11. The number of nitrogens with one attached hydrogen (secondary N) is 1. The minimum Gasteiger partial charge on any atom is -0.276 e. The largest absolute Gasteiger partial charge is 0.276 e. The lowest BCUT2D eigenvalue weighted by atomic mass is 10.1. The molecule has 100 valence electrons. The molecule has 3 aromatic rings. The third kappa shape index (κ3) is 2.62. The highest BCUT2D eigenvalue weighted by molar-refractivity contribution is 9.10. The molecule has 2 nitrogen and oxygen atoms in total. The smallest absolute Gasteiger partial charge is 0.107 e. The van der Waals surface area contributed by atoms with Crippen molar-refractivity contribution in [3.8, 4) is 22.5 Å². The topological polar surface area (TPSA) is 28.7 Å². The van der Waals surface area contributed by atoms with Gasteiger partial charge in [0.1, 0.15) is 5.69 Å². The second-order valence-corrected chi connectivity index (χ2v) is 5.95. The van der Waals surface area contributed by atoms with Crippen LogP contribution in [-0.2, 0) is 0 Å². The molecule has 0 amide bonds. The number of H-pyrrole nitrogens is 1. The second kappa shape index (κ2) is 5.60. The average Bonchev–Trinajstić information content (AvgIpc) is 2.80. The summed E-state index contributed by atoms with van der Waals surface area (Å²) in [7, 11) is 0. The number of rotatable bonds is 2. The zero-order valence-electron chi connectivity index (χ0n) is 10.2. The van der Waals surface area contributed by atoms with Gasteiger partial charge in [-0.2, -0.15) is 5.10 Å². The lowest BCUT2D eigenvalue weighted by Crippen LogP contribution is -1.80. The summed E-state index contributed by atoms with van der Waals surface area (Å²) in [4.78, 5) is 0. The fourth-order valence-electron chi connectivity index (χ4n) is 2.01. The molecule has 3 rings (SSSR count). The highest BCUT2D eigenvalue weighted by Gasteiger charge is 2.14. The van der Waals surface area contributed by atoms with Crippen LogP contribution in [0.4, 0.5) is 0 Å². The maximum Gasteiger partial charge on any atom is 0.107 e. The highest BCUT2D eigenvalue weighted by atomic mass is 79.9. The fourth-order valence-corrected chi connectivity index (χ4v) is 3.17. The summed E-state index contributed by atoms with van der Waals surface area (Å²) >= 11 is 15.7. The van der Waals surface area contributed by atoms with Crippen molar-refractivity contribution in [1.82, 2.24) is 10.2 Å². The van der Waals surface area contributed by atoms with Crippen LogP contribution in [0.2, 0.25) is 10.0 Å².